The molecule has 26 heavy (non-hydrogen) atoms. The molecule has 2 aromatic carbocycles. The Labute approximate surface area is 153 Å². The summed E-state index contributed by atoms with van der Waals surface area (Å²) < 4.78 is 49.0. The van der Waals surface area contributed by atoms with E-state index in [0.29, 0.717) is 28.6 Å². The van der Waals surface area contributed by atoms with E-state index in [2.05, 4.69) is 4.72 Å². The fourth-order valence-corrected chi connectivity index (χ4v) is 3.76. The molecule has 0 heterocycles. The first kappa shape index (κ1) is 19.9. The normalized spacial score (nSPS) is 12.3. The number of rotatable bonds is 8. The van der Waals surface area contributed by atoms with Gasteiger partial charge < -0.3 is 18.9 Å². The van der Waals surface area contributed by atoms with Gasteiger partial charge >= 0.3 is 0 Å². The zero-order chi connectivity index (χ0) is 19.3. The number of sulfonamides is 1. The van der Waals surface area contributed by atoms with E-state index in [-0.39, 0.29) is 4.90 Å². The number of ether oxygens (including phenoxy) is 4. The molecular weight excluding hydrogens is 358 g/mol. The van der Waals surface area contributed by atoms with Crippen molar-refractivity contribution in [2.45, 2.75) is 17.9 Å². The molecule has 0 aromatic heterocycles. The average Bonchev–Trinajstić information content (AvgIpc) is 2.66. The van der Waals surface area contributed by atoms with Crippen LogP contribution < -0.4 is 23.7 Å². The molecule has 0 aliphatic carbocycles. The van der Waals surface area contributed by atoms with Gasteiger partial charge in [0.2, 0.25) is 10.0 Å². The molecule has 8 heteroatoms. The van der Waals surface area contributed by atoms with Gasteiger partial charge in [0.15, 0.2) is 11.5 Å². The minimum absolute atomic E-state index is 0.0730. The van der Waals surface area contributed by atoms with Crippen LogP contribution in [0.25, 0.3) is 0 Å². The average molecular weight is 381 g/mol. The van der Waals surface area contributed by atoms with Gasteiger partial charge in [0, 0.05) is 17.7 Å². The lowest BCUT2D eigenvalue weighted by Gasteiger charge is -2.19. The fraction of sp³-hybridized carbons (Fsp3) is 0.333. The van der Waals surface area contributed by atoms with Gasteiger partial charge in [-0.05, 0) is 37.3 Å². The molecule has 0 saturated carbocycles. The van der Waals surface area contributed by atoms with E-state index in [1.807, 2.05) is 0 Å². The molecule has 0 saturated heterocycles. The van der Waals surface area contributed by atoms with E-state index in [0.717, 1.165) is 0 Å². The van der Waals surface area contributed by atoms with Gasteiger partial charge in [-0.3, -0.25) is 0 Å². The van der Waals surface area contributed by atoms with Gasteiger partial charge in [0.1, 0.15) is 11.5 Å². The van der Waals surface area contributed by atoms with Crippen LogP contribution in [-0.2, 0) is 10.0 Å². The van der Waals surface area contributed by atoms with Crippen molar-refractivity contribution in [3.63, 3.8) is 0 Å². The summed E-state index contributed by atoms with van der Waals surface area (Å²) in [4.78, 5) is 0.0730. The van der Waals surface area contributed by atoms with Crippen LogP contribution in [0.4, 0.5) is 0 Å². The zero-order valence-corrected chi connectivity index (χ0v) is 16.2. The lowest BCUT2D eigenvalue weighted by atomic mass is 10.1. The van der Waals surface area contributed by atoms with Crippen LogP contribution in [0.5, 0.6) is 23.0 Å². The highest BCUT2D eigenvalue weighted by Gasteiger charge is 2.22. The molecule has 142 valence electrons. The van der Waals surface area contributed by atoms with Crippen LogP contribution in [0.1, 0.15) is 18.5 Å². The summed E-state index contributed by atoms with van der Waals surface area (Å²) in [5.41, 5.74) is 0.663. The van der Waals surface area contributed by atoms with Crippen molar-refractivity contribution in [1.82, 2.24) is 4.72 Å². The zero-order valence-electron chi connectivity index (χ0n) is 15.4. The Morgan fingerprint density at radius 1 is 0.808 bits per heavy atom. The summed E-state index contributed by atoms with van der Waals surface area (Å²) in [6.07, 6.45) is 0. The molecule has 0 aliphatic rings. The molecule has 0 radical (unpaired) electrons. The van der Waals surface area contributed by atoms with Crippen molar-refractivity contribution in [3.05, 3.63) is 42.0 Å². The SMILES string of the molecule is COc1ccc(OC)c([C@@H](C)NS(=O)(=O)c2ccc(OC)c(OC)c2)c1. The standard InChI is InChI=1S/C18H23NO6S/c1-12(15-10-13(22-2)6-8-16(15)23-3)19-26(20,21)14-7-9-17(24-4)18(11-14)25-5/h6-12,19H,1-5H3/t12-/m1/s1. The maximum Gasteiger partial charge on any atom is 0.241 e. The Kier molecular flexibility index (Phi) is 6.33. The Bertz CT molecular complexity index is 866. The lowest BCUT2D eigenvalue weighted by Crippen LogP contribution is -2.27. The molecule has 1 atom stereocenters. The first-order chi connectivity index (χ1) is 12.4. The number of benzene rings is 2. The molecule has 1 N–H and O–H groups in total. The van der Waals surface area contributed by atoms with Crippen molar-refractivity contribution >= 4 is 10.0 Å². The predicted molar refractivity (Wildman–Crippen MR) is 97.8 cm³/mol. The third-order valence-corrected chi connectivity index (χ3v) is 5.44. The van der Waals surface area contributed by atoms with Crippen LogP contribution in [0.15, 0.2) is 41.3 Å². The number of nitrogens with one attached hydrogen (secondary N) is 1. The topological polar surface area (TPSA) is 83.1 Å². The van der Waals surface area contributed by atoms with E-state index in [1.54, 1.807) is 38.3 Å². The molecule has 0 aliphatic heterocycles. The van der Waals surface area contributed by atoms with Gasteiger partial charge in [-0.25, -0.2) is 13.1 Å². The monoisotopic (exact) mass is 381 g/mol. The molecule has 0 fully saturated rings. The summed E-state index contributed by atoms with van der Waals surface area (Å²) in [6.45, 7) is 1.73. The third-order valence-electron chi connectivity index (χ3n) is 3.90. The van der Waals surface area contributed by atoms with Crippen molar-refractivity contribution in [1.29, 1.82) is 0 Å². The van der Waals surface area contributed by atoms with E-state index in [1.165, 1.54) is 33.5 Å². The van der Waals surface area contributed by atoms with Crippen LogP contribution in [-0.4, -0.2) is 36.9 Å². The summed E-state index contributed by atoms with van der Waals surface area (Å²) in [5.74, 6) is 1.96. The first-order valence-corrected chi connectivity index (χ1v) is 9.31. The minimum atomic E-state index is -3.79. The summed E-state index contributed by atoms with van der Waals surface area (Å²) in [5, 5.41) is 0. The smallest absolute Gasteiger partial charge is 0.241 e. The number of hydrogen-bond donors (Lipinski definition) is 1. The summed E-state index contributed by atoms with van der Waals surface area (Å²) in [7, 11) is 2.22. The highest BCUT2D eigenvalue weighted by molar-refractivity contribution is 7.89. The highest BCUT2D eigenvalue weighted by Crippen LogP contribution is 2.32. The molecule has 7 nitrogen and oxygen atoms in total. The van der Waals surface area contributed by atoms with Gasteiger partial charge in [-0.1, -0.05) is 0 Å². The highest BCUT2D eigenvalue weighted by atomic mass is 32.2. The van der Waals surface area contributed by atoms with Crippen LogP contribution in [0, 0.1) is 0 Å². The van der Waals surface area contributed by atoms with Gasteiger partial charge in [-0.2, -0.15) is 0 Å². The molecule has 0 bridgehead atoms. The molecule has 0 spiro atoms. The van der Waals surface area contributed by atoms with Crippen LogP contribution in [0.2, 0.25) is 0 Å². The Hall–Kier alpha value is -2.45. The molecule has 2 aromatic rings. The third kappa shape index (κ3) is 4.20. The Morgan fingerprint density at radius 2 is 1.42 bits per heavy atom. The maximum atomic E-state index is 12.8. The molecule has 0 amide bonds. The van der Waals surface area contributed by atoms with Gasteiger partial charge in [0.25, 0.3) is 0 Å². The van der Waals surface area contributed by atoms with Crippen LogP contribution >= 0.6 is 0 Å². The second-order valence-corrected chi connectivity index (χ2v) is 7.18. The molecule has 2 rings (SSSR count). The minimum Gasteiger partial charge on any atom is -0.497 e. The quantitative estimate of drug-likeness (QED) is 0.757. The Morgan fingerprint density at radius 3 is 2.00 bits per heavy atom. The largest absolute Gasteiger partial charge is 0.497 e. The first-order valence-electron chi connectivity index (χ1n) is 7.82. The molecule has 0 unspecified atom stereocenters. The van der Waals surface area contributed by atoms with Crippen LogP contribution in [0.3, 0.4) is 0 Å². The Balaban J connectivity index is 2.35. The van der Waals surface area contributed by atoms with E-state index >= 15 is 0 Å². The lowest BCUT2D eigenvalue weighted by molar-refractivity contribution is 0.354. The summed E-state index contributed by atoms with van der Waals surface area (Å²) >= 11 is 0. The van der Waals surface area contributed by atoms with E-state index in [9.17, 15) is 8.42 Å². The van der Waals surface area contributed by atoms with Gasteiger partial charge in [0.05, 0.1) is 33.3 Å². The number of methoxy groups -OCH3 is 4. The fourth-order valence-electron chi connectivity index (χ4n) is 2.53. The molecular formula is C18H23NO6S. The predicted octanol–water partition coefficient (Wildman–Crippen LogP) is 2.76. The van der Waals surface area contributed by atoms with E-state index in [4.69, 9.17) is 18.9 Å². The van der Waals surface area contributed by atoms with Crippen molar-refractivity contribution in [3.8, 4) is 23.0 Å². The second kappa shape index (κ2) is 8.29. The second-order valence-electron chi connectivity index (χ2n) is 5.47. The van der Waals surface area contributed by atoms with Crippen molar-refractivity contribution in [2.24, 2.45) is 0 Å². The summed E-state index contributed by atoms with van der Waals surface area (Å²) in [6, 6.07) is 9.09. The van der Waals surface area contributed by atoms with Crippen molar-refractivity contribution < 1.29 is 27.4 Å². The van der Waals surface area contributed by atoms with Crippen molar-refractivity contribution in [2.75, 3.05) is 28.4 Å². The van der Waals surface area contributed by atoms with Gasteiger partial charge in [-0.15, -0.1) is 0 Å². The number of hydrogen-bond acceptors (Lipinski definition) is 6. The van der Waals surface area contributed by atoms with E-state index < -0.39 is 16.1 Å². The maximum absolute atomic E-state index is 12.8.